The fraction of sp³-hybridized carbons (Fsp3) is 0.804. The second-order valence-electron chi connectivity index (χ2n) is 16.8. The Morgan fingerprint density at radius 1 is 0.525 bits per heavy atom. The van der Waals surface area contributed by atoms with Crippen LogP contribution < -0.4 is 5.32 Å². The topological polar surface area (TPSA) is 131 Å². The average Bonchev–Trinajstić information content (AvgIpc) is 3.25. The van der Waals surface area contributed by atoms with Crippen LogP contribution in [0.4, 0.5) is 0 Å². The summed E-state index contributed by atoms with van der Waals surface area (Å²) >= 11 is 0. The van der Waals surface area contributed by atoms with Gasteiger partial charge in [0.1, 0.15) is 12.7 Å². The number of carbonyl (C=O) groups is 2. The number of amides is 1. The van der Waals surface area contributed by atoms with Gasteiger partial charge in [0.2, 0.25) is 5.91 Å². The molecule has 2 atom stereocenters. The van der Waals surface area contributed by atoms with E-state index >= 15 is 0 Å². The molecule has 0 bridgehead atoms. The van der Waals surface area contributed by atoms with Crippen molar-refractivity contribution < 1.29 is 37.9 Å². The number of nitrogens with one attached hydrogen (secondary N) is 1. The molecule has 0 aliphatic heterocycles. The van der Waals surface area contributed by atoms with Crippen molar-refractivity contribution in [3.63, 3.8) is 0 Å². The molecule has 0 radical (unpaired) electrons. The van der Waals surface area contributed by atoms with E-state index in [0.29, 0.717) is 6.42 Å². The molecule has 9 nitrogen and oxygen atoms in total. The van der Waals surface area contributed by atoms with Gasteiger partial charge in [-0.05, 0) is 70.6 Å². The predicted octanol–water partition coefficient (Wildman–Crippen LogP) is 14.7. The van der Waals surface area contributed by atoms with Crippen molar-refractivity contribution in [1.29, 1.82) is 0 Å². The lowest BCUT2D eigenvalue weighted by atomic mass is 10.0. The molecule has 0 spiro atoms. The lowest BCUT2D eigenvalue weighted by Gasteiger charge is -2.15. The zero-order chi connectivity index (χ0) is 44.6. The lowest BCUT2D eigenvalue weighted by Crippen LogP contribution is -2.27. The number of aliphatic hydroxyl groups excluding tert-OH is 1. The van der Waals surface area contributed by atoms with Gasteiger partial charge >= 0.3 is 13.8 Å². The summed E-state index contributed by atoms with van der Waals surface area (Å²) in [6.45, 7) is 3.45. The third-order valence-corrected chi connectivity index (χ3v) is 11.7. The Kier molecular flexibility index (Phi) is 45.9. The first-order valence-corrected chi connectivity index (χ1v) is 26.6. The van der Waals surface area contributed by atoms with E-state index in [9.17, 15) is 24.2 Å². The molecule has 0 aromatic carbocycles. The van der Waals surface area contributed by atoms with Crippen molar-refractivity contribution in [2.75, 3.05) is 26.4 Å². The highest BCUT2D eigenvalue weighted by Crippen LogP contribution is 2.42. The van der Waals surface area contributed by atoms with Gasteiger partial charge in [0, 0.05) is 19.4 Å². The van der Waals surface area contributed by atoms with Crippen molar-refractivity contribution in [2.24, 2.45) is 0 Å². The largest absolute Gasteiger partial charge is 0.472 e. The molecule has 0 rings (SSSR count). The van der Waals surface area contributed by atoms with Gasteiger partial charge in [0.25, 0.3) is 0 Å². The standard InChI is InChI=1S/C51H94NO8P/c1-3-5-7-9-11-13-15-17-19-21-22-23-24-25-26-28-30-32-34-36-38-40-42-44-51(55)58-47-49(53)48-60-61(56,57)59-46-45-52-50(54)43-41-39-37-35-33-31-29-27-20-18-16-14-12-10-8-6-4-2/h6,8,12,14,17-20,49,53H,3-5,7,9-11,13,15-16,21-48H2,1-2H3,(H,52,54)(H,56,57)/b8-6-,14-12-,19-17+,20-18-. The molecule has 1 amide bonds. The molecule has 0 saturated carbocycles. The third kappa shape index (κ3) is 48.9. The van der Waals surface area contributed by atoms with E-state index in [2.05, 4.69) is 67.8 Å². The van der Waals surface area contributed by atoms with Crippen LogP contribution >= 0.6 is 7.82 Å². The molecule has 0 aliphatic rings. The van der Waals surface area contributed by atoms with Crippen LogP contribution in [0.5, 0.6) is 0 Å². The van der Waals surface area contributed by atoms with Crippen molar-refractivity contribution >= 4 is 19.7 Å². The molecule has 0 heterocycles. The summed E-state index contributed by atoms with van der Waals surface area (Å²) in [7, 11) is -4.42. The summed E-state index contributed by atoms with van der Waals surface area (Å²) in [6, 6.07) is 0. The fourth-order valence-corrected chi connectivity index (χ4v) is 7.74. The SMILES string of the molecule is CC/C=C\C/C=C\C/C=C\CCCCCCCCCC(=O)NCCOP(=O)(O)OCC(O)COC(=O)CCCCCCCCCCCCCCC/C=C/CCCCCCCC. The maximum atomic E-state index is 12.1. The first-order chi connectivity index (χ1) is 29.8. The van der Waals surface area contributed by atoms with Crippen LogP contribution in [0.2, 0.25) is 0 Å². The van der Waals surface area contributed by atoms with Crippen LogP contribution in [0.15, 0.2) is 48.6 Å². The zero-order valence-electron chi connectivity index (χ0n) is 39.4. The molecule has 10 heteroatoms. The number of phosphoric acid groups is 1. The lowest BCUT2D eigenvalue weighted by molar-refractivity contribution is -0.147. The van der Waals surface area contributed by atoms with Crippen LogP contribution in [-0.2, 0) is 27.9 Å². The molecule has 0 fully saturated rings. The van der Waals surface area contributed by atoms with Gasteiger partial charge < -0.3 is 20.1 Å². The summed E-state index contributed by atoms with van der Waals surface area (Å²) < 4.78 is 27.0. The Labute approximate surface area is 375 Å². The number of unbranched alkanes of at least 4 members (excludes halogenated alkanes) is 26. The third-order valence-electron chi connectivity index (χ3n) is 10.7. The highest BCUT2D eigenvalue weighted by atomic mass is 31.2. The highest BCUT2D eigenvalue weighted by Gasteiger charge is 2.23. The van der Waals surface area contributed by atoms with Gasteiger partial charge in [0.05, 0.1) is 13.2 Å². The second kappa shape index (κ2) is 47.4. The van der Waals surface area contributed by atoms with E-state index in [1.54, 1.807) is 0 Å². The molecule has 356 valence electrons. The number of carbonyl (C=O) groups excluding carboxylic acids is 2. The quantitative estimate of drug-likeness (QED) is 0.0238. The predicted molar refractivity (Wildman–Crippen MR) is 257 cm³/mol. The highest BCUT2D eigenvalue weighted by molar-refractivity contribution is 7.47. The van der Waals surface area contributed by atoms with E-state index < -0.39 is 26.5 Å². The number of hydrogen-bond donors (Lipinski definition) is 3. The Bertz CT molecular complexity index is 1140. The van der Waals surface area contributed by atoms with Gasteiger partial charge in [-0.15, -0.1) is 0 Å². The molecule has 0 aromatic rings. The zero-order valence-corrected chi connectivity index (χ0v) is 40.3. The first kappa shape index (κ1) is 59.0. The summed E-state index contributed by atoms with van der Waals surface area (Å²) in [4.78, 5) is 34.0. The molecule has 61 heavy (non-hydrogen) atoms. The van der Waals surface area contributed by atoms with Gasteiger partial charge in [0.15, 0.2) is 0 Å². The fourth-order valence-electron chi connectivity index (χ4n) is 6.98. The maximum absolute atomic E-state index is 12.1. The van der Waals surface area contributed by atoms with Crippen LogP contribution in [0.1, 0.15) is 232 Å². The number of phosphoric ester groups is 1. The molecular formula is C51H94NO8P. The first-order valence-electron chi connectivity index (χ1n) is 25.1. The van der Waals surface area contributed by atoms with Gasteiger partial charge in [-0.2, -0.15) is 0 Å². The molecular weight excluding hydrogens is 786 g/mol. The number of rotatable bonds is 47. The van der Waals surface area contributed by atoms with Crippen LogP contribution in [0.25, 0.3) is 0 Å². The monoisotopic (exact) mass is 880 g/mol. The number of esters is 1. The van der Waals surface area contributed by atoms with Crippen molar-refractivity contribution in [3.05, 3.63) is 48.6 Å². The summed E-state index contributed by atoms with van der Waals surface area (Å²) in [6.07, 6.45) is 56.2. The molecule has 0 aliphatic carbocycles. The Balaban J connectivity index is 3.55. The van der Waals surface area contributed by atoms with E-state index in [1.807, 2.05) is 0 Å². The van der Waals surface area contributed by atoms with Gasteiger partial charge in [-0.1, -0.05) is 197 Å². The van der Waals surface area contributed by atoms with Gasteiger partial charge in [-0.3, -0.25) is 18.6 Å². The molecule has 0 saturated heterocycles. The summed E-state index contributed by atoms with van der Waals surface area (Å²) in [5, 5.41) is 12.7. The Hall–Kier alpha value is -2.03. The number of hydrogen-bond acceptors (Lipinski definition) is 7. The Morgan fingerprint density at radius 2 is 0.934 bits per heavy atom. The van der Waals surface area contributed by atoms with Crippen LogP contribution in [0.3, 0.4) is 0 Å². The van der Waals surface area contributed by atoms with Crippen molar-refractivity contribution in [2.45, 2.75) is 238 Å². The van der Waals surface area contributed by atoms with Crippen molar-refractivity contribution in [3.8, 4) is 0 Å². The second-order valence-corrected chi connectivity index (χ2v) is 18.2. The summed E-state index contributed by atoms with van der Waals surface area (Å²) in [5.41, 5.74) is 0. The minimum absolute atomic E-state index is 0.0755. The molecule has 3 N–H and O–H groups in total. The summed E-state index contributed by atoms with van der Waals surface area (Å²) in [5.74, 6) is -0.522. The van der Waals surface area contributed by atoms with Crippen molar-refractivity contribution in [1.82, 2.24) is 5.32 Å². The van der Waals surface area contributed by atoms with E-state index in [4.69, 9.17) is 13.8 Å². The number of allylic oxidation sites excluding steroid dienone is 8. The average molecular weight is 880 g/mol. The van der Waals surface area contributed by atoms with Crippen LogP contribution in [-0.4, -0.2) is 54.3 Å². The molecule has 0 aromatic heterocycles. The normalized spacial score (nSPS) is 13.6. The minimum atomic E-state index is -4.42. The van der Waals surface area contributed by atoms with E-state index in [0.717, 1.165) is 64.2 Å². The van der Waals surface area contributed by atoms with Gasteiger partial charge in [-0.25, -0.2) is 4.57 Å². The molecule has 2 unspecified atom stereocenters. The maximum Gasteiger partial charge on any atom is 0.472 e. The van der Waals surface area contributed by atoms with Crippen LogP contribution in [0, 0.1) is 0 Å². The smallest absolute Gasteiger partial charge is 0.463 e. The number of ether oxygens (including phenoxy) is 1. The Morgan fingerprint density at radius 3 is 1.43 bits per heavy atom. The van der Waals surface area contributed by atoms with E-state index in [1.165, 1.54) is 141 Å². The van der Waals surface area contributed by atoms with E-state index in [-0.39, 0.29) is 32.1 Å². The number of aliphatic hydroxyl groups is 1. The minimum Gasteiger partial charge on any atom is -0.463 e.